The maximum atomic E-state index is 10.8. The quantitative estimate of drug-likeness (QED) is 0.411. The Balaban J connectivity index is 1.60. The summed E-state index contributed by atoms with van der Waals surface area (Å²) in [6.45, 7) is 26.4. The van der Waals surface area contributed by atoms with Gasteiger partial charge in [-0.1, -0.05) is 79.2 Å². The lowest BCUT2D eigenvalue weighted by molar-refractivity contribution is -0.131. The van der Waals surface area contributed by atoms with Crippen LogP contribution in [-0.4, -0.2) is 11.2 Å². The van der Waals surface area contributed by atoms with E-state index in [1.54, 1.807) is 0 Å². The predicted octanol–water partition coefficient (Wildman–Crippen LogP) is 8.97. The van der Waals surface area contributed by atoms with Crippen LogP contribution in [-0.2, 0) is 0 Å². The zero-order chi connectivity index (χ0) is 24.6. The first-order chi connectivity index (χ1) is 15.1. The van der Waals surface area contributed by atoms with Crippen molar-refractivity contribution in [1.82, 2.24) is 0 Å². The summed E-state index contributed by atoms with van der Waals surface area (Å²) in [5.74, 6) is 2.94. The van der Waals surface area contributed by atoms with Crippen molar-refractivity contribution in [2.24, 2.45) is 50.7 Å². The van der Waals surface area contributed by atoms with Gasteiger partial charge in [-0.25, -0.2) is 0 Å². The minimum atomic E-state index is -0.143. The molecule has 3 fully saturated rings. The van der Waals surface area contributed by atoms with E-state index < -0.39 is 0 Å². The van der Waals surface area contributed by atoms with E-state index in [0.29, 0.717) is 22.2 Å². The highest BCUT2D eigenvalue weighted by Gasteiger charge is 2.65. The molecule has 0 saturated heterocycles. The highest BCUT2D eigenvalue weighted by Crippen LogP contribution is 2.73. The number of hydrogen-bond acceptors (Lipinski definition) is 1. The molecule has 0 aromatic carbocycles. The van der Waals surface area contributed by atoms with Crippen molar-refractivity contribution in [2.45, 2.75) is 126 Å². The summed E-state index contributed by atoms with van der Waals surface area (Å²) in [5.41, 5.74) is 4.57. The molecule has 0 unspecified atom stereocenters. The van der Waals surface area contributed by atoms with E-state index in [1.165, 1.54) is 56.9 Å². The van der Waals surface area contributed by atoms with Crippen molar-refractivity contribution in [3.8, 4) is 0 Å². The minimum Gasteiger partial charge on any atom is -0.393 e. The van der Waals surface area contributed by atoms with Crippen molar-refractivity contribution in [2.75, 3.05) is 0 Å². The van der Waals surface area contributed by atoms with Crippen LogP contribution in [0.2, 0.25) is 0 Å². The Morgan fingerprint density at radius 2 is 1.76 bits per heavy atom. The number of aliphatic hydroxyl groups is 1. The zero-order valence-corrected chi connectivity index (χ0v) is 23.5. The molecule has 0 amide bonds. The van der Waals surface area contributed by atoms with Gasteiger partial charge in [0.05, 0.1) is 6.10 Å². The molecule has 188 valence electrons. The van der Waals surface area contributed by atoms with Crippen LogP contribution in [0.25, 0.3) is 0 Å². The van der Waals surface area contributed by atoms with Gasteiger partial charge in [0.25, 0.3) is 0 Å². The van der Waals surface area contributed by atoms with E-state index in [9.17, 15) is 5.11 Å². The molecule has 0 heterocycles. The van der Waals surface area contributed by atoms with Crippen molar-refractivity contribution in [3.05, 3.63) is 23.8 Å². The van der Waals surface area contributed by atoms with Crippen LogP contribution < -0.4 is 0 Å². The second-order valence-corrected chi connectivity index (χ2v) is 15.0. The third-order valence-electron chi connectivity index (χ3n) is 12.9. The van der Waals surface area contributed by atoms with E-state index >= 15 is 0 Å². The summed E-state index contributed by atoms with van der Waals surface area (Å²) in [6.07, 6.45) is 14.0. The van der Waals surface area contributed by atoms with Gasteiger partial charge in [-0.15, -0.1) is 0 Å². The Hall–Kier alpha value is -0.560. The molecule has 0 spiro atoms. The summed E-state index contributed by atoms with van der Waals surface area (Å²) in [7, 11) is 0. The molecule has 4 aliphatic rings. The number of hydrogen-bond donors (Lipinski definition) is 1. The SMILES string of the molecule is C=C(C)C(C)(C)CC[C@@H](C)[C@H]1CC[C@@]2(C)C3=CC[C@H]4C(C)(C)[C@@H](O)CC[C@]4(C)[C@@H]3CC[C@]12C. The highest BCUT2D eigenvalue weighted by atomic mass is 16.3. The number of rotatable bonds is 5. The minimum absolute atomic E-state index is 0.0273. The molecule has 1 heteroatoms. The van der Waals surface area contributed by atoms with Gasteiger partial charge >= 0.3 is 0 Å². The second-order valence-electron chi connectivity index (χ2n) is 15.0. The first kappa shape index (κ1) is 25.5. The van der Waals surface area contributed by atoms with Crippen LogP contribution in [0.5, 0.6) is 0 Å². The standard InChI is InChI=1S/C32H54O/c1-21(2)28(4,5)17-13-22(3)23-14-19-32(10)25-11-12-26-29(6,7)27(33)16-18-30(26,8)24(25)15-20-31(23,32)9/h11,22-24,26-27,33H,1,12-20H2,2-10H3/t22-,23-,24-,26+,27+,30-,31-,32+/m1/s1. The topological polar surface area (TPSA) is 20.2 Å². The molecule has 0 aromatic rings. The van der Waals surface area contributed by atoms with Crippen LogP contribution >= 0.6 is 0 Å². The maximum Gasteiger partial charge on any atom is 0.0594 e. The van der Waals surface area contributed by atoms with E-state index in [4.69, 9.17) is 0 Å². The molecular weight excluding hydrogens is 400 g/mol. The normalized spacial score (nSPS) is 45.5. The molecule has 0 bridgehead atoms. The van der Waals surface area contributed by atoms with E-state index in [2.05, 4.69) is 75.0 Å². The van der Waals surface area contributed by atoms with Crippen LogP contribution in [0.4, 0.5) is 0 Å². The van der Waals surface area contributed by atoms with Gasteiger partial charge < -0.3 is 5.11 Å². The molecular formula is C32H54O. The molecule has 0 aliphatic heterocycles. The van der Waals surface area contributed by atoms with Crippen molar-refractivity contribution >= 4 is 0 Å². The average Bonchev–Trinajstić information content (AvgIpc) is 3.01. The summed E-state index contributed by atoms with van der Waals surface area (Å²) >= 11 is 0. The third kappa shape index (κ3) is 3.56. The lowest BCUT2D eigenvalue weighted by atomic mass is 9.41. The molecule has 8 atom stereocenters. The number of fused-ring (bicyclic) bond motifs is 5. The maximum absolute atomic E-state index is 10.8. The van der Waals surface area contributed by atoms with E-state index in [-0.39, 0.29) is 16.9 Å². The Kier molecular flexibility index (Phi) is 6.17. The number of aliphatic hydroxyl groups excluding tert-OH is 1. The lowest BCUT2D eigenvalue weighted by Crippen LogP contribution is -2.58. The van der Waals surface area contributed by atoms with Crippen molar-refractivity contribution in [1.29, 1.82) is 0 Å². The van der Waals surface area contributed by atoms with Crippen LogP contribution in [0.15, 0.2) is 23.8 Å². The first-order valence-electron chi connectivity index (χ1n) is 14.2. The lowest BCUT2D eigenvalue weighted by Gasteiger charge is -2.64. The van der Waals surface area contributed by atoms with Crippen molar-refractivity contribution < 1.29 is 5.11 Å². The molecule has 3 saturated carbocycles. The van der Waals surface area contributed by atoms with E-state index in [1.807, 2.05) is 5.57 Å². The summed E-state index contributed by atoms with van der Waals surface area (Å²) in [6, 6.07) is 0. The molecule has 0 radical (unpaired) electrons. The summed E-state index contributed by atoms with van der Waals surface area (Å²) in [5, 5.41) is 10.8. The van der Waals surface area contributed by atoms with Gasteiger partial charge in [0, 0.05) is 0 Å². The fraction of sp³-hybridized carbons (Fsp3) is 0.875. The van der Waals surface area contributed by atoms with Gasteiger partial charge in [-0.05, 0) is 115 Å². The third-order valence-corrected chi connectivity index (χ3v) is 12.9. The Morgan fingerprint density at radius 1 is 1.09 bits per heavy atom. The number of allylic oxidation sites excluding steroid dienone is 3. The molecule has 4 rings (SSSR count). The molecule has 1 nitrogen and oxygen atoms in total. The smallest absolute Gasteiger partial charge is 0.0594 e. The summed E-state index contributed by atoms with van der Waals surface area (Å²) < 4.78 is 0. The molecule has 1 N–H and O–H groups in total. The zero-order valence-electron chi connectivity index (χ0n) is 23.5. The van der Waals surface area contributed by atoms with Gasteiger partial charge in [0.1, 0.15) is 0 Å². The average molecular weight is 455 g/mol. The Bertz CT molecular complexity index is 816. The largest absolute Gasteiger partial charge is 0.393 e. The highest BCUT2D eigenvalue weighted by molar-refractivity contribution is 5.33. The Morgan fingerprint density at radius 3 is 2.39 bits per heavy atom. The van der Waals surface area contributed by atoms with Gasteiger partial charge in [0.15, 0.2) is 0 Å². The van der Waals surface area contributed by atoms with Gasteiger partial charge in [0.2, 0.25) is 0 Å². The van der Waals surface area contributed by atoms with Crippen LogP contribution in [0.1, 0.15) is 120 Å². The summed E-state index contributed by atoms with van der Waals surface area (Å²) in [4.78, 5) is 0. The van der Waals surface area contributed by atoms with Crippen molar-refractivity contribution in [3.63, 3.8) is 0 Å². The molecule has 4 aliphatic carbocycles. The van der Waals surface area contributed by atoms with Crippen LogP contribution in [0, 0.1) is 50.7 Å². The second kappa shape index (κ2) is 7.97. The molecule has 33 heavy (non-hydrogen) atoms. The fourth-order valence-electron chi connectivity index (χ4n) is 9.66. The van der Waals surface area contributed by atoms with E-state index in [0.717, 1.165) is 24.2 Å². The molecule has 0 aromatic heterocycles. The van der Waals surface area contributed by atoms with Gasteiger partial charge in [-0.2, -0.15) is 0 Å². The Labute approximate surface area is 205 Å². The first-order valence-corrected chi connectivity index (χ1v) is 14.2. The van der Waals surface area contributed by atoms with Gasteiger partial charge in [-0.3, -0.25) is 0 Å². The van der Waals surface area contributed by atoms with Crippen LogP contribution in [0.3, 0.4) is 0 Å². The predicted molar refractivity (Wildman–Crippen MR) is 142 cm³/mol. The fourth-order valence-corrected chi connectivity index (χ4v) is 9.66. The monoisotopic (exact) mass is 454 g/mol.